The van der Waals surface area contributed by atoms with Crippen LogP contribution in [0.1, 0.15) is 23.6 Å². The zero-order valence-corrected chi connectivity index (χ0v) is 7.53. The maximum Gasteiger partial charge on any atom is 0.340 e. The van der Waals surface area contributed by atoms with Crippen molar-refractivity contribution >= 4 is 11.9 Å². The summed E-state index contributed by atoms with van der Waals surface area (Å²) in [7, 11) is 0. The molecule has 0 unspecified atom stereocenters. The number of hydrogen-bond donors (Lipinski definition) is 3. The van der Waals surface area contributed by atoms with Crippen molar-refractivity contribution in [3.8, 4) is 0 Å². The van der Waals surface area contributed by atoms with Gasteiger partial charge in [0, 0.05) is 8.93 Å². The minimum atomic E-state index is -0.880. The molecule has 2 amide bonds. The number of carbonyl (C=O) groups excluding carboxylic acids is 1. The quantitative estimate of drug-likeness (QED) is 0.320. The number of amidine groups is 1. The molecule has 0 saturated carbocycles. The number of aliphatic hydroxyl groups excluding tert-OH is 1. The van der Waals surface area contributed by atoms with Crippen molar-refractivity contribution in [3.05, 3.63) is 11.8 Å². The average Bonchev–Trinajstić information content (AvgIpc) is 1.87. The second-order valence-corrected chi connectivity index (χ2v) is 1.66. The molecule has 0 aliphatic carbocycles. The van der Waals surface area contributed by atoms with Gasteiger partial charge in [-0.05, 0) is 6.92 Å². The van der Waals surface area contributed by atoms with E-state index in [0.29, 0.717) is 0 Å². The minimum absolute atomic E-state index is 0. The van der Waals surface area contributed by atoms with Gasteiger partial charge >= 0.3 is 6.03 Å². The molecule has 12 heavy (non-hydrogen) atoms. The highest BCUT2D eigenvalue weighted by Gasteiger charge is 1.90. The molecule has 5 nitrogen and oxygen atoms in total. The van der Waals surface area contributed by atoms with Crippen LogP contribution < -0.4 is 11.5 Å². The number of nitrogens with two attached hydrogens (primary N) is 2. The summed E-state index contributed by atoms with van der Waals surface area (Å²) in [5.41, 5.74) is 9.74. The van der Waals surface area contributed by atoms with Crippen LogP contribution in [0.2, 0.25) is 0 Å². The molecule has 0 heterocycles. The molecule has 0 aromatic carbocycles. The van der Waals surface area contributed by atoms with Crippen molar-refractivity contribution in [2.45, 2.75) is 20.8 Å². The van der Waals surface area contributed by atoms with Crippen LogP contribution in [-0.2, 0) is 0 Å². The molecule has 5 N–H and O–H groups in total. The van der Waals surface area contributed by atoms with E-state index in [9.17, 15) is 4.79 Å². The molecule has 0 radical (unpaired) electrons. The molecule has 0 aromatic heterocycles. The SMILES string of the molecule is C/C(O)=C/C(N)=N\C(N)=O.CC.[HH].[HH]. The van der Waals surface area contributed by atoms with Gasteiger partial charge in [0.15, 0.2) is 0 Å². The number of aliphatic hydroxyl groups is 1. The Hall–Kier alpha value is -1.52. The lowest BCUT2D eigenvalue weighted by atomic mass is 10.4. The van der Waals surface area contributed by atoms with Crippen molar-refractivity contribution in [2.24, 2.45) is 16.5 Å². The van der Waals surface area contributed by atoms with Gasteiger partial charge in [-0.1, -0.05) is 13.8 Å². The number of urea groups is 1. The van der Waals surface area contributed by atoms with Crippen LogP contribution in [0.3, 0.4) is 0 Å². The van der Waals surface area contributed by atoms with E-state index in [-0.39, 0.29) is 14.4 Å². The third-order valence-corrected chi connectivity index (χ3v) is 0.596. The molecule has 0 aliphatic rings. The Balaban J connectivity index is -0.000000117. The fraction of sp³-hybridized carbons (Fsp3) is 0.429. The van der Waals surface area contributed by atoms with Gasteiger partial charge in [-0.25, -0.2) is 4.79 Å². The number of rotatable bonds is 1. The van der Waals surface area contributed by atoms with Crippen molar-refractivity contribution in [3.63, 3.8) is 0 Å². The average molecular weight is 177 g/mol. The van der Waals surface area contributed by atoms with E-state index in [0.717, 1.165) is 6.08 Å². The predicted molar refractivity (Wildman–Crippen MR) is 53.2 cm³/mol. The molecule has 5 heteroatoms. The van der Waals surface area contributed by atoms with E-state index in [2.05, 4.69) is 10.7 Å². The zero-order chi connectivity index (χ0) is 10.1. The van der Waals surface area contributed by atoms with E-state index in [1.54, 1.807) is 0 Å². The van der Waals surface area contributed by atoms with Crippen molar-refractivity contribution in [1.29, 1.82) is 0 Å². The minimum Gasteiger partial charge on any atom is -0.512 e. The van der Waals surface area contributed by atoms with Crippen LogP contribution in [0.5, 0.6) is 0 Å². The lowest BCUT2D eigenvalue weighted by Crippen LogP contribution is -2.15. The van der Waals surface area contributed by atoms with Crippen LogP contribution in [0, 0.1) is 0 Å². The predicted octanol–water partition coefficient (Wildman–Crippen LogP) is 1.40. The maximum absolute atomic E-state index is 10.0. The molecule has 0 spiro atoms. The van der Waals surface area contributed by atoms with E-state index in [4.69, 9.17) is 10.8 Å². The number of hydrogen-bond acceptors (Lipinski definition) is 2. The van der Waals surface area contributed by atoms with Gasteiger partial charge in [0.05, 0.1) is 5.76 Å². The fourth-order valence-corrected chi connectivity index (χ4v) is 0.374. The van der Waals surface area contributed by atoms with Gasteiger partial charge in [0.1, 0.15) is 5.84 Å². The Morgan fingerprint density at radius 3 is 2.17 bits per heavy atom. The molecule has 0 bridgehead atoms. The van der Waals surface area contributed by atoms with Crippen molar-refractivity contribution < 1.29 is 12.8 Å². The Bertz CT molecular complexity index is 201. The third kappa shape index (κ3) is 11.3. The second kappa shape index (κ2) is 7.59. The van der Waals surface area contributed by atoms with Gasteiger partial charge in [-0.15, -0.1) is 0 Å². The maximum atomic E-state index is 10.0. The first-order valence-corrected chi connectivity index (χ1v) is 3.53. The molecular weight excluding hydrogens is 158 g/mol. The number of amides is 2. The largest absolute Gasteiger partial charge is 0.512 e. The highest BCUT2D eigenvalue weighted by Crippen LogP contribution is 1.83. The second-order valence-electron chi connectivity index (χ2n) is 1.66. The van der Waals surface area contributed by atoms with E-state index >= 15 is 0 Å². The number of aliphatic imine (C=N–C) groups is 1. The molecular formula is C7H19N3O2. The Labute approximate surface area is 74.7 Å². The third-order valence-electron chi connectivity index (χ3n) is 0.596. The molecule has 0 atom stereocenters. The summed E-state index contributed by atoms with van der Waals surface area (Å²) < 4.78 is 0. The van der Waals surface area contributed by atoms with Gasteiger partial charge in [-0.2, -0.15) is 4.99 Å². The Kier molecular flexibility index (Phi) is 8.28. The smallest absolute Gasteiger partial charge is 0.340 e. The molecule has 0 rings (SSSR count). The van der Waals surface area contributed by atoms with Crippen molar-refractivity contribution in [1.82, 2.24) is 0 Å². The number of nitrogens with zero attached hydrogens (tertiary/aromatic N) is 1. The highest BCUT2D eigenvalue weighted by molar-refractivity contribution is 5.99. The van der Waals surface area contributed by atoms with Gasteiger partial charge < -0.3 is 16.6 Å². The van der Waals surface area contributed by atoms with Crippen LogP contribution in [-0.4, -0.2) is 17.0 Å². The standard InChI is InChI=1S/C5H9N3O2.C2H6.2H2/c1-3(9)2-4(6)8-5(7)10;1-2;;/h2,9H,1H3,(H4,6,7,8,10);1-2H3;2*1H/b3-2-;;;. The first kappa shape index (κ1) is 13.1. The number of primary amides is 1. The summed E-state index contributed by atoms with van der Waals surface area (Å²) in [5, 5.41) is 8.58. The van der Waals surface area contributed by atoms with Gasteiger partial charge in [-0.3, -0.25) is 0 Å². The van der Waals surface area contributed by atoms with Crippen molar-refractivity contribution in [2.75, 3.05) is 0 Å². The van der Waals surface area contributed by atoms with E-state index < -0.39 is 6.03 Å². The fourth-order valence-electron chi connectivity index (χ4n) is 0.374. The first-order valence-electron chi connectivity index (χ1n) is 3.53. The topological polar surface area (TPSA) is 102 Å². The van der Waals surface area contributed by atoms with Gasteiger partial charge in [0.25, 0.3) is 0 Å². The van der Waals surface area contributed by atoms with Crippen LogP contribution in [0.25, 0.3) is 0 Å². The highest BCUT2D eigenvalue weighted by atomic mass is 16.3. The molecule has 0 aliphatic heterocycles. The Morgan fingerprint density at radius 2 is 1.92 bits per heavy atom. The summed E-state index contributed by atoms with van der Waals surface area (Å²) >= 11 is 0. The molecule has 0 aromatic rings. The first-order chi connectivity index (χ1) is 5.52. The number of carbonyl (C=O) groups is 1. The van der Waals surface area contributed by atoms with Gasteiger partial charge in [0.2, 0.25) is 0 Å². The summed E-state index contributed by atoms with van der Waals surface area (Å²) in [5.74, 6) is -0.130. The monoisotopic (exact) mass is 177 g/mol. The summed E-state index contributed by atoms with van der Waals surface area (Å²) in [6.45, 7) is 5.41. The van der Waals surface area contributed by atoms with E-state index in [1.165, 1.54) is 6.92 Å². The summed E-state index contributed by atoms with van der Waals surface area (Å²) in [4.78, 5) is 13.1. The Morgan fingerprint density at radius 1 is 1.50 bits per heavy atom. The molecule has 0 saturated heterocycles. The lowest BCUT2D eigenvalue weighted by molar-refractivity contribution is 0.256. The summed E-state index contributed by atoms with van der Waals surface area (Å²) in [6.07, 6.45) is 1.13. The number of allylic oxidation sites excluding steroid dienone is 1. The van der Waals surface area contributed by atoms with E-state index in [1.807, 2.05) is 13.8 Å². The lowest BCUT2D eigenvalue weighted by Gasteiger charge is -1.89. The normalized spacial score (nSPS) is 11.6. The van der Waals surface area contributed by atoms with Crippen LogP contribution >= 0.6 is 0 Å². The zero-order valence-electron chi connectivity index (χ0n) is 7.53. The summed E-state index contributed by atoms with van der Waals surface area (Å²) in [6, 6.07) is -0.880. The van der Waals surface area contributed by atoms with Crippen LogP contribution in [0.15, 0.2) is 16.8 Å². The van der Waals surface area contributed by atoms with Crippen LogP contribution in [0.4, 0.5) is 4.79 Å². The molecule has 0 fully saturated rings. The molecule has 74 valence electrons.